The van der Waals surface area contributed by atoms with E-state index in [0.29, 0.717) is 12.8 Å². The molecule has 0 saturated carbocycles. The summed E-state index contributed by atoms with van der Waals surface area (Å²) in [5.74, 6) is -0.145. The van der Waals surface area contributed by atoms with Crippen LogP contribution in [0.5, 0.6) is 0 Å². The van der Waals surface area contributed by atoms with E-state index in [9.17, 15) is 30.3 Å². The van der Waals surface area contributed by atoms with Crippen LogP contribution in [-0.2, 0) is 14.3 Å². The number of nitrogens with one attached hydrogen (secondary N) is 1. The van der Waals surface area contributed by atoms with E-state index in [1.165, 1.54) is 173 Å². The van der Waals surface area contributed by atoms with Crippen molar-refractivity contribution in [2.24, 2.45) is 0 Å². The number of ether oxygens (including phenoxy) is 2. The first kappa shape index (κ1) is 72.4. The Labute approximate surface area is 473 Å². The molecule has 7 atom stereocenters. The molecule has 6 N–H and O–H groups in total. The Kier molecular flexibility index (Phi) is 53.2. The summed E-state index contributed by atoms with van der Waals surface area (Å²) in [5, 5.41) is 54.8. The number of rotatable bonds is 55. The van der Waals surface area contributed by atoms with Gasteiger partial charge in [-0.15, -0.1) is 0 Å². The van der Waals surface area contributed by atoms with Crippen LogP contribution in [0.25, 0.3) is 0 Å². The third kappa shape index (κ3) is 45.8. The predicted molar refractivity (Wildman–Crippen MR) is 327 cm³/mol. The van der Waals surface area contributed by atoms with Crippen molar-refractivity contribution in [2.75, 3.05) is 13.2 Å². The van der Waals surface area contributed by atoms with Crippen molar-refractivity contribution in [2.45, 2.75) is 326 Å². The molecule has 1 aliphatic rings. The molecule has 0 aromatic heterocycles. The molecular formula is C68H121NO8. The van der Waals surface area contributed by atoms with Crippen molar-refractivity contribution in [1.82, 2.24) is 5.32 Å². The van der Waals surface area contributed by atoms with Gasteiger partial charge in [-0.25, -0.2) is 0 Å². The van der Waals surface area contributed by atoms with E-state index in [0.717, 1.165) is 83.5 Å². The lowest BCUT2D eigenvalue weighted by molar-refractivity contribution is -0.302. The van der Waals surface area contributed by atoms with Gasteiger partial charge in [0, 0.05) is 6.42 Å². The van der Waals surface area contributed by atoms with Crippen molar-refractivity contribution in [3.8, 4) is 0 Å². The van der Waals surface area contributed by atoms with Crippen LogP contribution < -0.4 is 5.32 Å². The fourth-order valence-electron chi connectivity index (χ4n) is 9.97. The number of unbranched alkanes of at least 4 members (excludes halogenated alkanes) is 31. The zero-order chi connectivity index (χ0) is 55.8. The molecule has 1 amide bonds. The smallest absolute Gasteiger partial charge is 0.220 e. The van der Waals surface area contributed by atoms with Crippen LogP contribution in [0.3, 0.4) is 0 Å². The quantitative estimate of drug-likeness (QED) is 0.0261. The van der Waals surface area contributed by atoms with Crippen LogP contribution in [0.4, 0.5) is 0 Å². The maximum atomic E-state index is 13.1. The Morgan fingerprint density at radius 3 is 1.19 bits per heavy atom. The molecule has 446 valence electrons. The van der Waals surface area contributed by atoms with Gasteiger partial charge in [-0.1, -0.05) is 292 Å². The van der Waals surface area contributed by atoms with Gasteiger partial charge in [0.05, 0.1) is 25.4 Å². The molecular weight excluding hydrogens is 959 g/mol. The molecule has 1 rings (SSSR count). The third-order valence-electron chi connectivity index (χ3n) is 15.0. The van der Waals surface area contributed by atoms with Crippen LogP contribution in [-0.4, -0.2) is 87.5 Å². The first-order valence-corrected chi connectivity index (χ1v) is 32.3. The molecule has 1 heterocycles. The largest absolute Gasteiger partial charge is 0.394 e. The first-order chi connectivity index (χ1) is 37.8. The second-order valence-corrected chi connectivity index (χ2v) is 22.2. The van der Waals surface area contributed by atoms with E-state index in [-0.39, 0.29) is 12.5 Å². The van der Waals surface area contributed by atoms with E-state index in [1.54, 1.807) is 0 Å². The standard InChI is InChI=1S/C68H121NO8/c1-3-5-7-9-11-13-15-17-19-21-23-24-25-26-27-28-29-30-31-32-33-34-35-36-37-38-40-42-44-46-48-50-52-54-56-58-64(72)69-61(60-76-68-67(75)66(74)65(73)63(59-70)77-68)62(71)57-55-53-51-49-47-45-43-41-39-22-20-18-16-14-12-10-8-6-4-2/h5,7,11,13,17,19,23-24,26-27,29-30,32-33,61-63,65-68,70-71,73-75H,3-4,6,8-10,12,14-16,18,20-22,25,28,31,34-60H2,1-2H3,(H,69,72)/b7-5-,13-11-,19-17-,24-23-,27-26-,30-29-,33-32-. The molecule has 0 aliphatic carbocycles. The van der Waals surface area contributed by atoms with Crippen LogP contribution in [0.2, 0.25) is 0 Å². The molecule has 77 heavy (non-hydrogen) atoms. The van der Waals surface area contributed by atoms with Gasteiger partial charge in [-0.05, 0) is 70.6 Å². The van der Waals surface area contributed by atoms with Crippen molar-refractivity contribution in [1.29, 1.82) is 0 Å². The van der Waals surface area contributed by atoms with E-state index in [2.05, 4.69) is 104 Å². The minimum Gasteiger partial charge on any atom is -0.394 e. The highest BCUT2D eigenvalue weighted by molar-refractivity contribution is 5.76. The minimum absolute atomic E-state index is 0.140. The zero-order valence-corrected chi connectivity index (χ0v) is 49.7. The van der Waals surface area contributed by atoms with E-state index in [1.807, 2.05) is 0 Å². The lowest BCUT2D eigenvalue weighted by atomic mass is 9.99. The van der Waals surface area contributed by atoms with Crippen molar-refractivity contribution < 1.29 is 39.8 Å². The van der Waals surface area contributed by atoms with Gasteiger partial charge in [-0.2, -0.15) is 0 Å². The van der Waals surface area contributed by atoms with Crippen molar-refractivity contribution in [3.05, 3.63) is 85.1 Å². The summed E-state index contributed by atoms with van der Waals surface area (Å²) in [4.78, 5) is 13.1. The molecule has 1 aliphatic heterocycles. The molecule has 1 saturated heterocycles. The van der Waals surface area contributed by atoms with Gasteiger partial charge in [0.25, 0.3) is 0 Å². The molecule has 0 spiro atoms. The minimum atomic E-state index is -1.56. The third-order valence-corrected chi connectivity index (χ3v) is 15.0. The Balaban J connectivity index is 2.14. The first-order valence-electron chi connectivity index (χ1n) is 32.3. The summed E-state index contributed by atoms with van der Waals surface area (Å²) >= 11 is 0. The van der Waals surface area contributed by atoms with Crippen LogP contribution in [0.1, 0.15) is 284 Å². The molecule has 0 aromatic rings. The molecule has 1 fully saturated rings. The SMILES string of the molecule is CC/C=C\C/C=C\C/C=C\C/C=C\C/C=C\C/C=C\C/C=C\CCCCCCCCCCCCCCCC(=O)NC(COC1OC(CO)C(O)C(O)C1O)C(O)CCCCCCCCCCCCCCCCCCCCC. The van der Waals surface area contributed by atoms with Crippen LogP contribution in [0, 0.1) is 0 Å². The van der Waals surface area contributed by atoms with Gasteiger partial charge in [0.2, 0.25) is 5.91 Å². The zero-order valence-electron chi connectivity index (χ0n) is 49.7. The van der Waals surface area contributed by atoms with E-state index in [4.69, 9.17) is 9.47 Å². The monoisotopic (exact) mass is 1080 g/mol. The Morgan fingerprint density at radius 1 is 0.455 bits per heavy atom. The number of carbonyl (C=O) groups is 1. The maximum Gasteiger partial charge on any atom is 0.220 e. The highest BCUT2D eigenvalue weighted by atomic mass is 16.7. The van der Waals surface area contributed by atoms with Crippen LogP contribution >= 0.6 is 0 Å². The number of hydrogen-bond acceptors (Lipinski definition) is 8. The topological polar surface area (TPSA) is 149 Å². The van der Waals surface area contributed by atoms with Gasteiger partial charge in [0.1, 0.15) is 24.4 Å². The Morgan fingerprint density at radius 2 is 0.805 bits per heavy atom. The lowest BCUT2D eigenvalue weighted by Gasteiger charge is -2.40. The Bertz CT molecular complexity index is 1490. The average molecular weight is 1080 g/mol. The van der Waals surface area contributed by atoms with E-state index < -0.39 is 49.5 Å². The number of amides is 1. The number of aliphatic hydroxyl groups excluding tert-OH is 5. The number of hydrogen-bond donors (Lipinski definition) is 6. The number of aliphatic hydroxyl groups is 5. The average Bonchev–Trinajstić information content (AvgIpc) is 3.43. The molecule has 9 heteroatoms. The second-order valence-electron chi connectivity index (χ2n) is 22.2. The summed E-state index contributed by atoms with van der Waals surface area (Å²) in [6, 6.07) is -0.724. The van der Waals surface area contributed by atoms with Crippen molar-refractivity contribution >= 4 is 5.91 Å². The van der Waals surface area contributed by atoms with Gasteiger partial charge < -0.3 is 40.3 Å². The molecule has 0 aromatic carbocycles. The number of carbonyl (C=O) groups excluding carboxylic acids is 1. The van der Waals surface area contributed by atoms with Gasteiger partial charge >= 0.3 is 0 Å². The highest BCUT2D eigenvalue weighted by Gasteiger charge is 2.44. The van der Waals surface area contributed by atoms with Crippen molar-refractivity contribution in [3.63, 3.8) is 0 Å². The van der Waals surface area contributed by atoms with Gasteiger partial charge in [-0.3, -0.25) is 4.79 Å². The number of allylic oxidation sites excluding steroid dienone is 14. The maximum absolute atomic E-state index is 13.1. The van der Waals surface area contributed by atoms with E-state index >= 15 is 0 Å². The van der Waals surface area contributed by atoms with Gasteiger partial charge in [0.15, 0.2) is 6.29 Å². The fourth-order valence-corrected chi connectivity index (χ4v) is 9.97. The lowest BCUT2D eigenvalue weighted by Crippen LogP contribution is -2.60. The fraction of sp³-hybridized carbons (Fsp3) is 0.779. The summed E-state index contributed by atoms with van der Waals surface area (Å²) in [6.45, 7) is 3.75. The normalized spacial score (nSPS) is 19.3. The Hall–Kier alpha value is -2.63. The molecule has 9 nitrogen and oxygen atoms in total. The second kappa shape index (κ2) is 56.6. The summed E-state index contributed by atoms with van der Waals surface area (Å²) in [6.07, 6.45) is 73.4. The molecule has 7 unspecified atom stereocenters. The summed E-state index contributed by atoms with van der Waals surface area (Å²) < 4.78 is 11.3. The molecule has 0 radical (unpaired) electrons. The highest BCUT2D eigenvalue weighted by Crippen LogP contribution is 2.23. The molecule has 0 bridgehead atoms. The predicted octanol–water partition coefficient (Wildman–Crippen LogP) is 17.0. The van der Waals surface area contributed by atoms with Crippen LogP contribution in [0.15, 0.2) is 85.1 Å². The summed E-state index contributed by atoms with van der Waals surface area (Å²) in [7, 11) is 0. The summed E-state index contributed by atoms with van der Waals surface area (Å²) in [5.41, 5.74) is 0.